The number of aromatic nitrogens is 3. The number of pyridine rings is 1. The molecule has 1 fully saturated rings. The number of imidazole rings is 1. The summed E-state index contributed by atoms with van der Waals surface area (Å²) < 4.78 is 2.24. The standard InChI is InChI=1S/C16H21N3O/c1-11(20)14-8-15-16(17-9-14)18-12(2)19(15)10-13-6-4-3-5-7-13/h8-9,13H,3-7,10H2,1-2H3. The maximum Gasteiger partial charge on any atom is 0.177 e. The Kier molecular flexibility index (Phi) is 3.55. The van der Waals surface area contributed by atoms with E-state index < -0.39 is 0 Å². The van der Waals surface area contributed by atoms with Gasteiger partial charge in [0, 0.05) is 18.3 Å². The number of Topliss-reactive ketones (excluding diaryl/α,β-unsaturated/α-hetero) is 1. The summed E-state index contributed by atoms with van der Waals surface area (Å²) in [4.78, 5) is 20.4. The minimum Gasteiger partial charge on any atom is -0.327 e. The van der Waals surface area contributed by atoms with Crippen LogP contribution in [0.25, 0.3) is 11.2 Å². The van der Waals surface area contributed by atoms with Gasteiger partial charge in [0.15, 0.2) is 11.4 Å². The second-order valence-corrected chi connectivity index (χ2v) is 5.90. The van der Waals surface area contributed by atoms with Crippen molar-refractivity contribution in [3.63, 3.8) is 0 Å². The fourth-order valence-corrected chi connectivity index (χ4v) is 3.17. The van der Waals surface area contributed by atoms with Gasteiger partial charge >= 0.3 is 0 Å². The van der Waals surface area contributed by atoms with E-state index in [0.717, 1.165) is 29.5 Å². The molecule has 0 aliphatic heterocycles. The fraction of sp³-hybridized carbons (Fsp3) is 0.562. The van der Waals surface area contributed by atoms with Crippen molar-refractivity contribution in [2.75, 3.05) is 0 Å². The lowest BCUT2D eigenvalue weighted by molar-refractivity contribution is 0.101. The van der Waals surface area contributed by atoms with Crippen LogP contribution in [0.3, 0.4) is 0 Å². The first-order chi connectivity index (χ1) is 9.65. The first kappa shape index (κ1) is 13.3. The molecule has 106 valence electrons. The van der Waals surface area contributed by atoms with Crippen molar-refractivity contribution in [3.8, 4) is 0 Å². The molecule has 1 aliphatic rings. The van der Waals surface area contributed by atoms with E-state index in [9.17, 15) is 4.79 Å². The second kappa shape index (κ2) is 5.35. The highest BCUT2D eigenvalue weighted by atomic mass is 16.1. The number of fused-ring (bicyclic) bond motifs is 1. The number of carbonyl (C=O) groups excluding carboxylic acids is 1. The minimum absolute atomic E-state index is 0.0578. The Hall–Kier alpha value is -1.71. The summed E-state index contributed by atoms with van der Waals surface area (Å²) in [6.45, 7) is 4.61. The summed E-state index contributed by atoms with van der Waals surface area (Å²) in [7, 11) is 0. The predicted molar refractivity (Wildman–Crippen MR) is 78.8 cm³/mol. The number of hydrogen-bond acceptors (Lipinski definition) is 3. The Balaban J connectivity index is 1.97. The number of rotatable bonds is 3. The Morgan fingerprint density at radius 2 is 2.10 bits per heavy atom. The third-order valence-electron chi connectivity index (χ3n) is 4.37. The molecule has 0 bridgehead atoms. The highest BCUT2D eigenvalue weighted by Crippen LogP contribution is 2.27. The molecule has 4 heteroatoms. The van der Waals surface area contributed by atoms with Crippen molar-refractivity contribution < 1.29 is 4.79 Å². The number of nitrogens with zero attached hydrogens (tertiary/aromatic N) is 3. The zero-order valence-corrected chi connectivity index (χ0v) is 12.2. The lowest BCUT2D eigenvalue weighted by Gasteiger charge is -2.22. The molecule has 2 aromatic heterocycles. The van der Waals surface area contributed by atoms with Gasteiger partial charge in [-0.2, -0.15) is 0 Å². The molecule has 2 aromatic rings. The summed E-state index contributed by atoms with van der Waals surface area (Å²) in [5.74, 6) is 1.79. The third kappa shape index (κ3) is 2.47. The summed E-state index contributed by atoms with van der Waals surface area (Å²) in [6, 6.07) is 1.94. The van der Waals surface area contributed by atoms with Crippen LogP contribution in [-0.2, 0) is 6.54 Å². The van der Waals surface area contributed by atoms with Gasteiger partial charge in [-0.15, -0.1) is 0 Å². The van der Waals surface area contributed by atoms with Crippen molar-refractivity contribution in [1.82, 2.24) is 14.5 Å². The van der Waals surface area contributed by atoms with Crippen LogP contribution in [0.4, 0.5) is 0 Å². The molecule has 0 unspecified atom stereocenters. The van der Waals surface area contributed by atoms with Crippen LogP contribution in [0.1, 0.15) is 55.2 Å². The molecule has 1 saturated carbocycles. The molecule has 1 aliphatic carbocycles. The van der Waals surface area contributed by atoms with Crippen LogP contribution < -0.4 is 0 Å². The first-order valence-electron chi connectivity index (χ1n) is 7.49. The number of hydrogen-bond donors (Lipinski definition) is 0. The van der Waals surface area contributed by atoms with Gasteiger partial charge in [0.2, 0.25) is 0 Å². The quantitative estimate of drug-likeness (QED) is 0.802. The molecule has 20 heavy (non-hydrogen) atoms. The van der Waals surface area contributed by atoms with Crippen LogP contribution >= 0.6 is 0 Å². The van der Waals surface area contributed by atoms with Gasteiger partial charge in [0.25, 0.3) is 0 Å². The second-order valence-electron chi connectivity index (χ2n) is 5.90. The molecular weight excluding hydrogens is 250 g/mol. The van der Waals surface area contributed by atoms with Gasteiger partial charge in [-0.1, -0.05) is 19.3 Å². The molecule has 0 saturated heterocycles. The molecule has 4 nitrogen and oxygen atoms in total. The SMILES string of the molecule is CC(=O)c1cnc2nc(C)n(CC3CCCCC3)c2c1. The van der Waals surface area contributed by atoms with Crippen LogP contribution in [0.5, 0.6) is 0 Å². The van der Waals surface area contributed by atoms with Gasteiger partial charge in [0.1, 0.15) is 5.82 Å². The van der Waals surface area contributed by atoms with Gasteiger partial charge in [-0.3, -0.25) is 4.79 Å². The third-order valence-corrected chi connectivity index (χ3v) is 4.37. The Morgan fingerprint density at radius 1 is 1.35 bits per heavy atom. The molecule has 0 atom stereocenters. The zero-order valence-electron chi connectivity index (χ0n) is 12.2. The first-order valence-corrected chi connectivity index (χ1v) is 7.49. The molecule has 2 heterocycles. The monoisotopic (exact) mass is 271 g/mol. The molecule has 0 N–H and O–H groups in total. The van der Waals surface area contributed by atoms with E-state index >= 15 is 0 Å². The lowest BCUT2D eigenvalue weighted by atomic mass is 9.89. The normalized spacial score (nSPS) is 16.7. The Bertz CT molecular complexity index is 638. The average molecular weight is 271 g/mol. The smallest absolute Gasteiger partial charge is 0.177 e. The maximum atomic E-state index is 11.5. The van der Waals surface area contributed by atoms with E-state index in [0.29, 0.717) is 5.56 Å². The fourth-order valence-electron chi connectivity index (χ4n) is 3.17. The van der Waals surface area contributed by atoms with Crippen molar-refractivity contribution in [2.24, 2.45) is 5.92 Å². The Morgan fingerprint density at radius 3 is 2.80 bits per heavy atom. The zero-order chi connectivity index (χ0) is 14.1. The number of carbonyl (C=O) groups is 1. The number of ketones is 1. The summed E-state index contributed by atoms with van der Waals surface area (Å²) in [5, 5.41) is 0. The van der Waals surface area contributed by atoms with Crippen molar-refractivity contribution in [3.05, 3.63) is 23.7 Å². The highest BCUT2D eigenvalue weighted by molar-refractivity contribution is 5.96. The molecule has 0 aromatic carbocycles. The largest absolute Gasteiger partial charge is 0.327 e. The van der Waals surface area contributed by atoms with Crippen LogP contribution in [0.15, 0.2) is 12.3 Å². The van der Waals surface area contributed by atoms with E-state index in [1.54, 1.807) is 13.1 Å². The summed E-state index contributed by atoms with van der Waals surface area (Å²) in [5.41, 5.74) is 2.42. The molecular formula is C16H21N3O. The van der Waals surface area contributed by atoms with E-state index in [1.165, 1.54) is 32.1 Å². The summed E-state index contributed by atoms with van der Waals surface area (Å²) in [6.07, 6.45) is 8.29. The highest BCUT2D eigenvalue weighted by Gasteiger charge is 2.17. The molecule has 0 radical (unpaired) electrons. The van der Waals surface area contributed by atoms with E-state index in [2.05, 4.69) is 14.5 Å². The van der Waals surface area contributed by atoms with Crippen molar-refractivity contribution in [2.45, 2.75) is 52.5 Å². The summed E-state index contributed by atoms with van der Waals surface area (Å²) >= 11 is 0. The topological polar surface area (TPSA) is 47.8 Å². The van der Waals surface area contributed by atoms with E-state index in [-0.39, 0.29) is 5.78 Å². The van der Waals surface area contributed by atoms with Crippen LogP contribution in [0, 0.1) is 12.8 Å². The van der Waals surface area contributed by atoms with Gasteiger partial charge in [-0.25, -0.2) is 9.97 Å². The maximum absolute atomic E-state index is 11.5. The van der Waals surface area contributed by atoms with E-state index in [4.69, 9.17) is 0 Å². The van der Waals surface area contributed by atoms with Gasteiger partial charge in [0.05, 0.1) is 5.52 Å². The van der Waals surface area contributed by atoms with Gasteiger partial charge < -0.3 is 4.57 Å². The van der Waals surface area contributed by atoms with E-state index in [1.807, 2.05) is 13.0 Å². The predicted octanol–water partition coefficient (Wildman–Crippen LogP) is 3.52. The lowest BCUT2D eigenvalue weighted by Crippen LogP contribution is -2.15. The van der Waals surface area contributed by atoms with Crippen molar-refractivity contribution in [1.29, 1.82) is 0 Å². The average Bonchev–Trinajstić information content (AvgIpc) is 2.75. The minimum atomic E-state index is 0.0578. The van der Waals surface area contributed by atoms with Crippen molar-refractivity contribution >= 4 is 16.9 Å². The molecule has 0 spiro atoms. The van der Waals surface area contributed by atoms with Gasteiger partial charge in [-0.05, 0) is 38.7 Å². The van der Waals surface area contributed by atoms with Crippen LogP contribution in [0.2, 0.25) is 0 Å². The Labute approximate surface area is 119 Å². The van der Waals surface area contributed by atoms with Crippen LogP contribution in [-0.4, -0.2) is 20.3 Å². The molecule has 0 amide bonds. The number of aryl methyl sites for hydroxylation is 1. The molecule has 3 rings (SSSR count).